The van der Waals surface area contributed by atoms with Gasteiger partial charge in [-0.15, -0.1) is 0 Å². The molecule has 1 heterocycles. The van der Waals surface area contributed by atoms with Crippen LogP contribution in [0, 0.1) is 13.8 Å². The monoisotopic (exact) mass is 504 g/mol. The number of carbonyl (C=O) groups excluding carboxylic acids is 2. The highest BCUT2D eigenvalue weighted by Crippen LogP contribution is 2.38. The summed E-state index contributed by atoms with van der Waals surface area (Å²) in [6.45, 7) is 5.10. The summed E-state index contributed by atoms with van der Waals surface area (Å²) < 4.78 is 5.92. The van der Waals surface area contributed by atoms with Crippen molar-refractivity contribution in [2.75, 3.05) is 13.2 Å². The number of rotatable bonds is 7. The summed E-state index contributed by atoms with van der Waals surface area (Å²) in [6.07, 6.45) is 0.757. The van der Waals surface area contributed by atoms with E-state index in [1.807, 2.05) is 78.6 Å². The number of hydrogen-bond donors (Lipinski definition) is 1. The highest BCUT2D eigenvalue weighted by atomic mass is 16.5. The number of nitrogens with one attached hydrogen (secondary N) is 1. The molecule has 5 nitrogen and oxygen atoms in total. The van der Waals surface area contributed by atoms with Crippen LogP contribution in [-0.2, 0) is 17.8 Å². The van der Waals surface area contributed by atoms with E-state index in [0.717, 1.165) is 34.2 Å². The van der Waals surface area contributed by atoms with E-state index in [1.165, 1.54) is 5.56 Å². The fourth-order valence-electron chi connectivity index (χ4n) is 5.07. The van der Waals surface area contributed by atoms with E-state index in [-0.39, 0.29) is 24.5 Å². The van der Waals surface area contributed by atoms with Crippen LogP contribution in [0.15, 0.2) is 97.1 Å². The molecule has 0 radical (unpaired) electrons. The highest BCUT2D eigenvalue weighted by Gasteiger charge is 2.33. The van der Waals surface area contributed by atoms with Crippen molar-refractivity contribution < 1.29 is 14.3 Å². The standard InChI is InChI=1S/C33H32N2O3/c1-23-8-6-10-25(18-23)21-34-31(36)22-38-29-15-14-26-16-17-35(33(37)27-11-4-3-5-12-27)32(30(26)20-29)28-13-7-9-24(2)19-28/h3-15,18-20,32H,16-17,21-22H2,1-2H3,(H,34,36)/t32-/m0/s1. The average molecular weight is 505 g/mol. The van der Waals surface area contributed by atoms with Gasteiger partial charge in [0.1, 0.15) is 5.75 Å². The van der Waals surface area contributed by atoms with E-state index in [0.29, 0.717) is 24.4 Å². The molecule has 4 aromatic carbocycles. The van der Waals surface area contributed by atoms with Crippen LogP contribution < -0.4 is 10.1 Å². The summed E-state index contributed by atoms with van der Waals surface area (Å²) in [7, 11) is 0. The normalized spacial score (nSPS) is 14.5. The van der Waals surface area contributed by atoms with Gasteiger partial charge >= 0.3 is 0 Å². The van der Waals surface area contributed by atoms with Gasteiger partial charge in [0.15, 0.2) is 6.61 Å². The lowest BCUT2D eigenvalue weighted by Gasteiger charge is -2.38. The van der Waals surface area contributed by atoms with Crippen LogP contribution in [0.5, 0.6) is 5.75 Å². The smallest absolute Gasteiger partial charge is 0.258 e. The van der Waals surface area contributed by atoms with Gasteiger partial charge in [0.2, 0.25) is 0 Å². The molecule has 0 spiro atoms. The number of benzene rings is 4. The van der Waals surface area contributed by atoms with E-state index in [4.69, 9.17) is 4.74 Å². The summed E-state index contributed by atoms with van der Waals surface area (Å²) in [5.74, 6) is 0.436. The molecular weight excluding hydrogens is 472 g/mol. The van der Waals surface area contributed by atoms with Crippen molar-refractivity contribution in [3.63, 3.8) is 0 Å². The van der Waals surface area contributed by atoms with Gasteiger partial charge in [-0.2, -0.15) is 0 Å². The predicted octanol–water partition coefficient (Wildman–Crippen LogP) is 5.79. The Morgan fingerprint density at radius 2 is 1.63 bits per heavy atom. The first-order chi connectivity index (χ1) is 18.5. The van der Waals surface area contributed by atoms with Crippen molar-refractivity contribution in [1.29, 1.82) is 0 Å². The SMILES string of the molecule is Cc1cccc(CNC(=O)COc2ccc3c(c2)[C@H](c2cccc(C)c2)N(C(=O)c2ccccc2)CC3)c1. The second kappa shape index (κ2) is 11.3. The third-order valence-corrected chi connectivity index (χ3v) is 6.93. The Morgan fingerprint density at radius 1 is 0.868 bits per heavy atom. The van der Waals surface area contributed by atoms with Gasteiger partial charge in [-0.05, 0) is 66.8 Å². The van der Waals surface area contributed by atoms with Crippen molar-refractivity contribution >= 4 is 11.8 Å². The zero-order valence-corrected chi connectivity index (χ0v) is 21.8. The Hall–Kier alpha value is -4.38. The minimum absolute atomic E-state index is 0.00426. The maximum absolute atomic E-state index is 13.6. The molecule has 1 aliphatic heterocycles. The molecule has 0 aliphatic carbocycles. The summed E-state index contributed by atoms with van der Waals surface area (Å²) in [5.41, 5.74) is 7.30. The highest BCUT2D eigenvalue weighted by molar-refractivity contribution is 5.95. The Kier molecular flexibility index (Phi) is 7.55. The molecular formula is C33H32N2O3. The number of aryl methyl sites for hydroxylation is 2. The second-order valence-corrected chi connectivity index (χ2v) is 9.85. The number of fused-ring (bicyclic) bond motifs is 1. The molecule has 4 aromatic rings. The van der Waals surface area contributed by atoms with Crippen molar-refractivity contribution in [1.82, 2.24) is 10.2 Å². The first-order valence-corrected chi connectivity index (χ1v) is 13.0. The van der Waals surface area contributed by atoms with Gasteiger partial charge in [0.25, 0.3) is 11.8 Å². The van der Waals surface area contributed by atoms with Crippen LogP contribution in [0.1, 0.15) is 49.8 Å². The van der Waals surface area contributed by atoms with Crippen LogP contribution in [0.2, 0.25) is 0 Å². The molecule has 1 aliphatic rings. The van der Waals surface area contributed by atoms with E-state index in [1.54, 1.807) is 0 Å². The Balaban J connectivity index is 1.37. The fourth-order valence-corrected chi connectivity index (χ4v) is 5.07. The molecule has 0 saturated heterocycles. The third kappa shape index (κ3) is 5.78. The number of hydrogen-bond acceptors (Lipinski definition) is 3. The molecule has 5 rings (SSSR count). The maximum atomic E-state index is 13.6. The molecule has 5 heteroatoms. The van der Waals surface area contributed by atoms with Crippen LogP contribution in [-0.4, -0.2) is 29.9 Å². The zero-order valence-electron chi connectivity index (χ0n) is 21.8. The van der Waals surface area contributed by atoms with Gasteiger partial charge in [0, 0.05) is 18.7 Å². The topological polar surface area (TPSA) is 58.6 Å². The van der Waals surface area contributed by atoms with Crippen molar-refractivity contribution in [3.8, 4) is 5.75 Å². The number of nitrogens with zero attached hydrogens (tertiary/aromatic N) is 1. The molecule has 0 saturated carbocycles. The average Bonchev–Trinajstić information content (AvgIpc) is 2.94. The van der Waals surface area contributed by atoms with Crippen molar-refractivity contribution in [2.24, 2.45) is 0 Å². The molecule has 38 heavy (non-hydrogen) atoms. The van der Waals surface area contributed by atoms with E-state index in [2.05, 4.69) is 42.6 Å². The Morgan fingerprint density at radius 3 is 2.39 bits per heavy atom. The summed E-state index contributed by atoms with van der Waals surface area (Å²) >= 11 is 0. The molecule has 0 bridgehead atoms. The van der Waals surface area contributed by atoms with Gasteiger partial charge < -0.3 is 15.0 Å². The lowest BCUT2D eigenvalue weighted by molar-refractivity contribution is -0.123. The Bertz CT molecular complexity index is 1450. The zero-order chi connectivity index (χ0) is 26.5. The Labute approximate surface area is 224 Å². The van der Waals surface area contributed by atoms with Gasteiger partial charge in [-0.25, -0.2) is 0 Å². The van der Waals surface area contributed by atoms with Crippen LogP contribution in [0.3, 0.4) is 0 Å². The van der Waals surface area contributed by atoms with E-state index < -0.39 is 0 Å². The van der Waals surface area contributed by atoms with E-state index in [9.17, 15) is 9.59 Å². The van der Waals surface area contributed by atoms with Crippen molar-refractivity contribution in [2.45, 2.75) is 32.9 Å². The number of amides is 2. The lowest BCUT2D eigenvalue weighted by atomic mass is 9.87. The van der Waals surface area contributed by atoms with Gasteiger partial charge in [-0.1, -0.05) is 83.9 Å². The molecule has 0 aromatic heterocycles. The maximum Gasteiger partial charge on any atom is 0.258 e. The second-order valence-electron chi connectivity index (χ2n) is 9.85. The molecule has 192 valence electrons. The summed E-state index contributed by atoms with van der Waals surface area (Å²) in [4.78, 5) is 28.1. The third-order valence-electron chi connectivity index (χ3n) is 6.93. The van der Waals surface area contributed by atoms with Gasteiger partial charge in [0.05, 0.1) is 6.04 Å². The number of ether oxygens (including phenoxy) is 1. The molecule has 1 atom stereocenters. The largest absolute Gasteiger partial charge is 0.484 e. The van der Waals surface area contributed by atoms with Crippen LogP contribution in [0.4, 0.5) is 0 Å². The van der Waals surface area contributed by atoms with Crippen LogP contribution >= 0.6 is 0 Å². The first-order valence-electron chi connectivity index (χ1n) is 13.0. The number of carbonyl (C=O) groups is 2. The minimum atomic E-state index is -0.245. The summed E-state index contributed by atoms with van der Waals surface area (Å²) in [5, 5.41) is 2.92. The van der Waals surface area contributed by atoms with Gasteiger partial charge in [-0.3, -0.25) is 9.59 Å². The van der Waals surface area contributed by atoms with Crippen molar-refractivity contribution in [3.05, 3.63) is 136 Å². The lowest BCUT2D eigenvalue weighted by Crippen LogP contribution is -2.40. The quantitative estimate of drug-likeness (QED) is 0.347. The van der Waals surface area contributed by atoms with Crippen LogP contribution in [0.25, 0.3) is 0 Å². The van der Waals surface area contributed by atoms with E-state index >= 15 is 0 Å². The fraction of sp³-hybridized carbons (Fsp3) is 0.212. The molecule has 2 amide bonds. The molecule has 0 unspecified atom stereocenters. The molecule has 0 fully saturated rings. The summed E-state index contributed by atoms with van der Waals surface area (Å²) in [6, 6.07) is 31.5. The minimum Gasteiger partial charge on any atom is -0.484 e. The predicted molar refractivity (Wildman–Crippen MR) is 149 cm³/mol. The first kappa shape index (κ1) is 25.3. The molecule has 1 N–H and O–H groups in total.